The van der Waals surface area contributed by atoms with Crippen molar-refractivity contribution in [3.63, 3.8) is 0 Å². The number of nitrogens with zero attached hydrogens (tertiary/aromatic N) is 4. The summed E-state index contributed by atoms with van der Waals surface area (Å²) in [6, 6.07) is 17.5. The molecule has 1 amide bonds. The first-order valence-corrected chi connectivity index (χ1v) is 13.6. The largest absolute Gasteiger partial charge is 0.489 e. The van der Waals surface area contributed by atoms with E-state index < -0.39 is 5.82 Å². The molecule has 8 nitrogen and oxygen atoms in total. The van der Waals surface area contributed by atoms with Crippen LogP contribution in [0.25, 0.3) is 10.9 Å². The lowest BCUT2D eigenvalue weighted by atomic mass is 10.1. The Morgan fingerprint density at radius 2 is 1.85 bits per heavy atom. The standard InChI is InChI=1S/C31H30FN5O3/c32-24-20-23(40-22-8-3-1-4-9-22)11-12-25(24)35-31-29-26(33-21-34-31)13-14-27-30(29)39-19-18-37(27)28(38)10-7-17-36-15-5-2-6-16-36/h1,3-4,7-14,20-21H,2,5-6,15-19H2,(H,33,34,35)/b10-7+. The van der Waals surface area contributed by atoms with Gasteiger partial charge in [-0.2, -0.15) is 0 Å². The lowest BCUT2D eigenvalue weighted by Gasteiger charge is -2.30. The number of hydrogen-bond acceptors (Lipinski definition) is 7. The maximum atomic E-state index is 15.1. The van der Waals surface area contributed by atoms with Crippen molar-refractivity contribution in [2.75, 3.05) is 43.0 Å². The molecule has 0 saturated carbocycles. The SMILES string of the molecule is O=C(/C=C/CN1CCCCC1)N1CCOc2c1ccc1ncnc(Nc3ccc(Oc4ccccc4)cc3F)c21. The number of ether oxygens (including phenoxy) is 2. The number of rotatable bonds is 7. The van der Waals surface area contributed by atoms with Crippen LogP contribution in [0.3, 0.4) is 0 Å². The summed E-state index contributed by atoms with van der Waals surface area (Å²) in [7, 11) is 0. The van der Waals surface area contributed by atoms with Gasteiger partial charge in [-0.3, -0.25) is 9.69 Å². The maximum Gasteiger partial charge on any atom is 0.250 e. The summed E-state index contributed by atoms with van der Waals surface area (Å²) in [5, 5.41) is 3.67. The molecule has 0 atom stereocenters. The second-order valence-corrected chi connectivity index (χ2v) is 9.81. The number of aromatic nitrogens is 2. The van der Waals surface area contributed by atoms with Gasteiger partial charge in [0.15, 0.2) is 5.75 Å². The molecular formula is C31H30FN5O3. The molecular weight excluding hydrogens is 509 g/mol. The zero-order valence-corrected chi connectivity index (χ0v) is 22.1. The predicted molar refractivity (Wildman–Crippen MR) is 153 cm³/mol. The predicted octanol–water partition coefficient (Wildman–Crippen LogP) is 6.07. The number of piperidine rings is 1. The quantitative estimate of drug-likeness (QED) is 0.286. The van der Waals surface area contributed by atoms with E-state index in [1.807, 2.05) is 36.4 Å². The molecule has 204 valence electrons. The highest BCUT2D eigenvalue weighted by atomic mass is 19.1. The molecule has 40 heavy (non-hydrogen) atoms. The molecule has 0 spiro atoms. The minimum absolute atomic E-state index is 0.104. The van der Waals surface area contributed by atoms with E-state index in [-0.39, 0.29) is 11.6 Å². The molecule has 1 fully saturated rings. The number of nitrogens with one attached hydrogen (secondary N) is 1. The van der Waals surface area contributed by atoms with Crippen LogP contribution in [0.1, 0.15) is 19.3 Å². The lowest BCUT2D eigenvalue weighted by Crippen LogP contribution is -2.37. The van der Waals surface area contributed by atoms with Crippen LogP contribution in [0.5, 0.6) is 17.2 Å². The Hall–Kier alpha value is -4.50. The van der Waals surface area contributed by atoms with E-state index in [1.54, 1.807) is 35.2 Å². The normalized spacial score (nSPS) is 15.6. The van der Waals surface area contributed by atoms with Crippen LogP contribution in [-0.4, -0.2) is 53.6 Å². The van der Waals surface area contributed by atoms with Gasteiger partial charge < -0.3 is 19.7 Å². The molecule has 0 aliphatic carbocycles. The molecule has 9 heteroatoms. The lowest BCUT2D eigenvalue weighted by molar-refractivity contribution is -0.114. The molecule has 1 aromatic heterocycles. The van der Waals surface area contributed by atoms with Crippen LogP contribution < -0.4 is 19.7 Å². The smallest absolute Gasteiger partial charge is 0.250 e. The van der Waals surface area contributed by atoms with Crippen LogP contribution in [-0.2, 0) is 4.79 Å². The van der Waals surface area contributed by atoms with Gasteiger partial charge in [-0.05, 0) is 62.3 Å². The highest BCUT2D eigenvalue weighted by molar-refractivity contribution is 6.07. The van der Waals surface area contributed by atoms with Crippen LogP contribution in [0.2, 0.25) is 0 Å². The zero-order valence-electron chi connectivity index (χ0n) is 22.1. The van der Waals surface area contributed by atoms with Crippen molar-refractivity contribution < 1.29 is 18.7 Å². The van der Waals surface area contributed by atoms with Gasteiger partial charge in [0.25, 0.3) is 5.91 Å². The summed E-state index contributed by atoms with van der Waals surface area (Å²) in [4.78, 5) is 26.0. The van der Waals surface area contributed by atoms with Gasteiger partial charge in [-0.25, -0.2) is 14.4 Å². The fourth-order valence-electron chi connectivity index (χ4n) is 5.10. The number of amides is 1. The van der Waals surface area contributed by atoms with Gasteiger partial charge in [0, 0.05) is 18.7 Å². The van der Waals surface area contributed by atoms with Gasteiger partial charge in [0.2, 0.25) is 0 Å². The minimum atomic E-state index is -0.499. The average Bonchev–Trinajstić information content (AvgIpc) is 2.99. The molecule has 0 bridgehead atoms. The van der Waals surface area contributed by atoms with E-state index in [2.05, 4.69) is 20.2 Å². The van der Waals surface area contributed by atoms with Gasteiger partial charge in [-0.1, -0.05) is 30.7 Å². The third-order valence-corrected chi connectivity index (χ3v) is 7.10. The van der Waals surface area contributed by atoms with Crippen molar-refractivity contribution in [3.05, 3.63) is 85.0 Å². The van der Waals surface area contributed by atoms with Crippen molar-refractivity contribution >= 4 is 34.0 Å². The molecule has 1 N–H and O–H groups in total. The molecule has 3 aromatic carbocycles. The Labute approximate surface area is 232 Å². The minimum Gasteiger partial charge on any atom is -0.489 e. The number of para-hydroxylation sites is 1. The summed E-state index contributed by atoms with van der Waals surface area (Å²) >= 11 is 0. The number of halogens is 1. The van der Waals surface area contributed by atoms with Crippen LogP contribution in [0.15, 0.2) is 79.1 Å². The van der Waals surface area contributed by atoms with Crippen LogP contribution >= 0.6 is 0 Å². The number of carbonyl (C=O) groups excluding carboxylic acids is 1. The monoisotopic (exact) mass is 539 g/mol. The van der Waals surface area contributed by atoms with Gasteiger partial charge in [-0.15, -0.1) is 0 Å². The molecule has 6 rings (SSSR count). The van der Waals surface area contributed by atoms with E-state index >= 15 is 4.39 Å². The second kappa shape index (κ2) is 11.7. The topological polar surface area (TPSA) is 79.8 Å². The van der Waals surface area contributed by atoms with Crippen molar-refractivity contribution in [2.45, 2.75) is 19.3 Å². The number of benzene rings is 3. The van der Waals surface area contributed by atoms with Gasteiger partial charge in [0.05, 0.1) is 28.8 Å². The van der Waals surface area contributed by atoms with Gasteiger partial charge in [0.1, 0.15) is 36.1 Å². The first-order valence-electron chi connectivity index (χ1n) is 13.6. The van der Waals surface area contributed by atoms with Crippen molar-refractivity contribution in [1.29, 1.82) is 0 Å². The molecule has 1 saturated heterocycles. The van der Waals surface area contributed by atoms with Crippen molar-refractivity contribution in [2.24, 2.45) is 0 Å². The summed E-state index contributed by atoms with van der Waals surface area (Å²) in [6.07, 6.45) is 8.69. The maximum absolute atomic E-state index is 15.1. The third kappa shape index (κ3) is 5.60. The summed E-state index contributed by atoms with van der Waals surface area (Å²) < 4.78 is 26.9. The van der Waals surface area contributed by atoms with E-state index in [0.29, 0.717) is 52.8 Å². The average molecular weight is 540 g/mol. The summed E-state index contributed by atoms with van der Waals surface area (Å²) in [6.45, 7) is 3.67. The van der Waals surface area contributed by atoms with E-state index in [1.165, 1.54) is 31.7 Å². The molecule has 3 heterocycles. The number of fused-ring (bicyclic) bond motifs is 3. The first-order chi connectivity index (χ1) is 19.7. The Morgan fingerprint density at radius 3 is 2.67 bits per heavy atom. The molecule has 2 aliphatic rings. The van der Waals surface area contributed by atoms with Gasteiger partial charge >= 0.3 is 0 Å². The van der Waals surface area contributed by atoms with Crippen molar-refractivity contribution in [1.82, 2.24) is 14.9 Å². The van der Waals surface area contributed by atoms with E-state index in [0.717, 1.165) is 19.6 Å². The van der Waals surface area contributed by atoms with Crippen LogP contribution in [0, 0.1) is 5.82 Å². The number of likely N-dealkylation sites (tertiary alicyclic amines) is 1. The van der Waals surface area contributed by atoms with Crippen LogP contribution in [0.4, 0.5) is 21.6 Å². The zero-order chi connectivity index (χ0) is 27.3. The second-order valence-electron chi connectivity index (χ2n) is 9.81. The Balaban J connectivity index is 1.24. The molecule has 0 radical (unpaired) electrons. The molecule has 0 unspecified atom stereocenters. The number of hydrogen-bond donors (Lipinski definition) is 1. The number of carbonyl (C=O) groups is 1. The Bertz CT molecular complexity index is 1540. The van der Waals surface area contributed by atoms with E-state index in [4.69, 9.17) is 9.47 Å². The van der Waals surface area contributed by atoms with E-state index in [9.17, 15) is 4.79 Å². The highest BCUT2D eigenvalue weighted by Gasteiger charge is 2.26. The van der Waals surface area contributed by atoms with Crippen molar-refractivity contribution in [3.8, 4) is 17.2 Å². The Morgan fingerprint density at radius 1 is 1.00 bits per heavy atom. The summed E-state index contributed by atoms with van der Waals surface area (Å²) in [5.74, 6) is 1.27. The third-order valence-electron chi connectivity index (χ3n) is 7.10. The fourth-order valence-corrected chi connectivity index (χ4v) is 5.10. The summed E-state index contributed by atoms with van der Waals surface area (Å²) in [5.41, 5.74) is 1.48. The number of anilines is 3. The highest BCUT2D eigenvalue weighted by Crippen LogP contribution is 2.41. The molecule has 2 aliphatic heterocycles. The fraction of sp³-hybridized carbons (Fsp3) is 0.258. The first kappa shape index (κ1) is 25.8. The molecule has 4 aromatic rings. The Kier molecular flexibility index (Phi) is 7.54.